The van der Waals surface area contributed by atoms with E-state index < -0.39 is 0 Å². The number of halogens is 1. The van der Waals surface area contributed by atoms with E-state index in [1.165, 1.54) is 4.90 Å². The molecule has 9 heteroatoms. The van der Waals surface area contributed by atoms with Gasteiger partial charge in [-0.05, 0) is 54.1 Å². The van der Waals surface area contributed by atoms with Gasteiger partial charge in [0.2, 0.25) is 6.41 Å². The first-order valence-electron chi connectivity index (χ1n) is 11.4. The molecular formula is C26H32FN5OS2. The molecule has 2 aromatic carbocycles. The molecule has 0 spiro atoms. The molecule has 6 nitrogen and oxygen atoms in total. The van der Waals surface area contributed by atoms with E-state index in [1.54, 1.807) is 42.4 Å². The van der Waals surface area contributed by atoms with Gasteiger partial charge in [0.25, 0.3) is 0 Å². The number of carbonyl (C=O) groups excluding carboxylic acids is 1. The summed E-state index contributed by atoms with van der Waals surface area (Å²) < 4.78 is 13.9. The van der Waals surface area contributed by atoms with Gasteiger partial charge >= 0.3 is 0 Å². The number of piperazine rings is 1. The maximum absolute atomic E-state index is 13.9. The first-order chi connectivity index (χ1) is 17.1. The van der Waals surface area contributed by atoms with Crippen molar-refractivity contribution < 1.29 is 12.0 Å². The number of amides is 1. The highest BCUT2D eigenvalue weighted by atomic mass is 32.2. The maximum atomic E-state index is 13.9. The summed E-state index contributed by atoms with van der Waals surface area (Å²) in [6.45, 7) is 6.19. The predicted octanol–water partition coefficient (Wildman–Crippen LogP) is 5.36. The summed E-state index contributed by atoms with van der Waals surface area (Å²) in [5.41, 5.74) is 2.68. The summed E-state index contributed by atoms with van der Waals surface area (Å²) in [6, 6.07) is 15.6. The Morgan fingerprint density at radius 2 is 1.94 bits per heavy atom. The number of benzene rings is 2. The zero-order valence-electron chi connectivity index (χ0n) is 19.8. The van der Waals surface area contributed by atoms with E-state index in [4.69, 9.17) is 0 Å². The highest BCUT2D eigenvalue weighted by molar-refractivity contribution is 7.98. The topological polar surface area (TPSA) is 70.2 Å². The zero-order chi connectivity index (χ0) is 24.6. The van der Waals surface area contributed by atoms with Crippen LogP contribution in [0.2, 0.25) is 0 Å². The molecule has 0 unspecified atom stereocenters. The van der Waals surface area contributed by atoms with Crippen LogP contribution in [-0.2, 0) is 11.3 Å². The van der Waals surface area contributed by atoms with Gasteiger partial charge in [0.15, 0.2) is 0 Å². The van der Waals surface area contributed by atoms with E-state index in [9.17, 15) is 9.18 Å². The van der Waals surface area contributed by atoms with Crippen LogP contribution in [0.5, 0.6) is 0 Å². The fourth-order valence-electron chi connectivity index (χ4n) is 3.76. The molecule has 2 aromatic heterocycles. The van der Waals surface area contributed by atoms with Crippen LogP contribution < -0.4 is 15.5 Å². The SMILES string of the molecule is CSc1ccc(CNC=O)cc1.Cc1ccc(-c2cc3c(N4CCNCC4)ncnc3s2)cc1F.[HH].[HH]. The van der Waals surface area contributed by atoms with Crippen molar-refractivity contribution in [3.8, 4) is 10.4 Å². The summed E-state index contributed by atoms with van der Waals surface area (Å²) in [6.07, 6.45) is 4.37. The van der Waals surface area contributed by atoms with Crippen molar-refractivity contribution in [1.82, 2.24) is 20.6 Å². The number of aryl methyl sites for hydroxylation is 1. The molecule has 1 aliphatic heterocycles. The van der Waals surface area contributed by atoms with Gasteiger partial charge in [0.1, 0.15) is 22.8 Å². The van der Waals surface area contributed by atoms with Crippen LogP contribution in [0.25, 0.3) is 20.7 Å². The van der Waals surface area contributed by atoms with Crippen LogP contribution in [0.3, 0.4) is 0 Å². The summed E-state index contributed by atoms with van der Waals surface area (Å²) >= 11 is 3.29. The monoisotopic (exact) mass is 513 g/mol. The molecule has 1 amide bonds. The third-order valence-electron chi connectivity index (χ3n) is 5.73. The van der Waals surface area contributed by atoms with E-state index in [1.807, 2.05) is 42.7 Å². The number of thioether (sulfide) groups is 1. The van der Waals surface area contributed by atoms with Crippen molar-refractivity contribution >= 4 is 45.5 Å². The number of nitrogens with one attached hydrogen (secondary N) is 2. The number of carbonyl (C=O) groups is 1. The Bertz CT molecular complexity index is 1280. The third-order valence-corrected chi connectivity index (χ3v) is 7.57. The molecule has 0 saturated carbocycles. The average molecular weight is 514 g/mol. The molecule has 0 radical (unpaired) electrons. The predicted molar refractivity (Wildman–Crippen MR) is 148 cm³/mol. The van der Waals surface area contributed by atoms with Gasteiger partial charge in [-0.1, -0.05) is 24.3 Å². The lowest BCUT2D eigenvalue weighted by Crippen LogP contribution is -2.43. The van der Waals surface area contributed by atoms with E-state index in [0.29, 0.717) is 18.5 Å². The van der Waals surface area contributed by atoms with Gasteiger partial charge in [-0.2, -0.15) is 0 Å². The Labute approximate surface area is 216 Å². The van der Waals surface area contributed by atoms with Gasteiger partial charge in [0.05, 0.1) is 5.39 Å². The first kappa shape index (κ1) is 25.1. The number of hydrogen-bond donors (Lipinski definition) is 2. The van der Waals surface area contributed by atoms with Crippen LogP contribution >= 0.6 is 23.1 Å². The molecule has 0 atom stereocenters. The molecule has 1 fully saturated rings. The number of fused-ring (bicyclic) bond motifs is 1. The second-order valence-corrected chi connectivity index (χ2v) is 9.98. The molecule has 186 valence electrons. The fraction of sp³-hybridized carbons (Fsp3) is 0.269. The summed E-state index contributed by atoms with van der Waals surface area (Å²) in [4.78, 5) is 24.4. The molecule has 35 heavy (non-hydrogen) atoms. The second kappa shape index (κ2) is 12.1. The van der Waals surface area contributed by atoms with Gasteiger partial charge < -0.3 is 15.5 Å². The Hall–Kier alpha value is -3.01. The number of hydrogen-bond acceptors (Lipinski definition) is 7. The number of anilines is 1. The number of thiophene rings is 1. The quantitative estimate of drug-likeness (QED) is 0.267. The van der Waals surface area contributed by atoms with Crippen LogP contribution in [0.15, 0.2) is 59.8 Å². The Morgan fingerprint density at radius 3 is 2.63 bits per heavy atom. The number of aromatic nitrogens is 2. The van der Waals surface area contributed by atoms with Gasteiger partial charge in [0, 0.05) is 45.3 Å². The van der Waals surface area contributed by atoms with E-state index >= 15 is 0 Å². The minimum Gasteiger partial charge on any atom is -0.355 e. The van der Waals surface area contributed by atoms with Crippen molar-refractivity contribution in [2.75, 3.05) is 37.3 Å². The number of nitrogens with zero attached hydrogens (tertiary/aromatic N) is 3. The minimum atomic E-state index is -0.173. The Kier molecular flexibility index (Phi) is 8.68. The van der Waals surface area contributed by atoms with E-state index in [-0.39, 0.29) is 8.67 Å². The molecule has 4 aromatic rings. The average Bonchev–Trinajstić information content (AvgIpc) is 3.35. The summed E-state index contributed by atoms with van der Waals surface area (Å²) in [5.74, 6) is 0.806. The van der Waals surface area contributed by atoms with Crippen molar-refractivity contribution in [3.05, 3.63) is 71.8 Å². The van der Waals surface area contributed by atoms with Crippen molar-refractivity contribution in [3.63, 3.8) is 0 Å². The van der Waals surface area contributed by atoms with Crippen LogP contribution in [0.1, 0.15) is 14.0 Å². The van der Waals surface area contributed by atoms with Crippen molar-refractivity contribution in [1.29, 1.82) is 0 Å². The van der Waals surface area contributed by atoms with Gasteiger partial charge in [-0.3, -0.25) is 4.79 Å². The molecule has 2 N–H and O–H groups in total. The lowest BCUT2D eigenvalue weighted by Gasteiger charge is -2.28. The highest BCUT2D eigenvalue weighted by Crippen LogP contribution is 2.36. The lowest BCUT2D eigenvalue weighted by atomic mass is 10.1. The Morgan fingerprint density at radius 1 is 1.17 bits per heavy atom. The summed E-state index contributed by atoms with van der Waals surface area (Å²) in [5, 5.41) is 7.02. The highest BCUT2D eigenvalue weighted by Gasteiger charge is 2.17. The van der Waals surface area contributed by atoms with Crippen LogP contribution in [0, 0.1) is 12.7 Å². The van der Waals surface area contributed by atoms with Crippen LogP contribution in [-0.4, -0.2) is 48.8 Å². The molecule has 3 heterocycles. The zero-order valence-corrected chi connectivity index (χ0v) is 21.4. The molecular weight excluding hydrogens is 481 g/mol. The normalized spacial score (nSPS) is 13.3. The fourth-order valence-corrected chi connectivity index (χ4v) is 5.16. The van der Waals surface area contributed by atoms with Gasteiger partial charge in [-0.25, -0.2) is 14.4 Å². The molecule has 0 bridgehead atoms. The van der Waals surface area contributed by atoms with Gasteiger partial charge in [-0.15, -0.1) is 23.1 Å². The van der Waals surface area contributed by atoms with Crippen LogP contribution in [0.4, 0.5) is 10.2 Å². The van der Waals surface area contributed by atoms with E-state index in [0.717, 1.165) is 58.2 Å². The molecule has 0 aliphatic carbocycles. The summed E-state index contributed by atoms with van der Waals surface area (Å²) in [7, 11) is 0. The van der Waals surface area contributed by atoms with Crippen molar-refractivity contribution in [2.24, 2.45) is 0 Å². The van der Waals surface area contributed by atoms with E-state index in [2.05, 4.69) is 31.6 Å². The maximum Gasteiger partial charge on any atom is 0.207 e. The van der Waals surface area contributed by atoms with Crippen molar-refractivity contribution in [2.45, 2.75) is 18.4 Å². The smallest absolute Gasteiger partial charge is 0.207 e. The third kappa shape index (κ3) is 6.36. The molecule has 1 saturated heterocycles. The largest absolute Gasteiger partial charge is 0.355 e. The molecule has 1 aliphatic rings. The lowest BCUT2D eigenvalue weighted by molar-refractivity contribution is -0.109. The second-order valence-electron chi connectivity index (χ2n) is 8.07. The first-order valence-corrected chi connectivity index (χ1v) is 13.4. The minimum absolute atomic E-state index is 0. The number of rotatable bonds is 6. The molecule has 5 rings (SSSR count). The Balaban J connectivity index is 0.000000296. The standard InChI is InChI=1S/C17H17FN4S.C9H11NOS.2H2/c1-11-2-3-12(8-14(11)18)15-9-13-16(20-10-21-17(13)23-15)22-6-4-19-5-7-22;1-12-9-4-2-8(3-5-9)6-10-7-11;;/h2-3,8-10,19H,4-7H2,1H3;2-5,7H,6H2,1H3,(H,10,11);2*1H.